The van der Waals surface area contributed by atoms with E-state index in [0.717, 1.165) is 4.88 Å². The number of thiophene rings is 1. The summed E-state index contributed by atoms with van der Waals surface area (Å²) in [7, 11) is 0. The number of amides is 2. The van der Waals surface area contributed by atoms with Gasteiger partial charge in [-0.3, -0.25) is 9.59 Å². The van der Waals surface area contributed by atoms with Crippen molar-refractivity contribution in [1.82, 2.24) is 10.6 Å². The molecular weight excluding hydrogens is 371 g/mol. The molecule has 3 N–H and O–H groups in total. The molecule has 27 heavy (non-hydrogen) atoms. The van der Waals surface area contributed by atoms with Crippen LogP contribution in [0.3, 0.4) is 0 Å². The van der Waals surface area contributed by atoms with Crippen molar-refractivity contribution in [2.24, 2.45) is 0 Å². The van der Waals surface area contributed by atoms with Crippen LogP contribution >= 0.6 is 11.3 Å². The Morgan fingerprint density at radius 1 is 1.07 bits per heavy atom. The Hall–Kier alpha value is -2.97. The number of halogens is 1. The molecule has 3 rings (SSSR count). The Balaban J connectivity index is 1.46. The molecule has 2 amide bonds. The van der Waals surface area contributed by atoms with E-state index >= 15 is 0 Å². The maximum absolute atomic E-state index is 12.8. The van der Waals surface area contributed by atoms with Crippen molar-refractivity contribution >= 4 is 23.2 Å². The van der Waals surface area contributed by atoms with Crippen molar-refractivity contribution in [2.45, 2.75) is 12.6 Å². The topological polar surface area (TPSA) is 91.6 Å². The molecule has 2 heterocycles. The first-order chi connectivity index (χ1) is 13.0. The molecule has 6 nitrogen and oxygen atoms in total. The first-order valence-corrected chi connectivity index (χ1v) is 9.03. The van der Waals surface area contributed by atoms with E-state index in [1.54, 1.807) is 12.1 Å². The highest BCUT2D eigenvalue weighted by molar-refractivity contribution is 7.13. The summed E-state index contributed by atoms with van der Waals surface area (Å²) in [5, 5.41) is 16.8. The number of aliphatic hydroxyl groups excluding tert-OH is 1. The van der Waals surface area contributed by atoms with E-state index in [2.05, 4.69) is 10.6 Å². The van der Waals surface area contributed by atoms with Gasteiger partial charge in [-0.15, -0.1) is 11.3 Å². The number of benzene rings is 1. The minimum atomic E-state index is -1.08. The van der Waals surface area contributed by atoms with Crippen molar-refractivity contribution in [3.05, 3.63) is 71.1 Å². The first-order valence-electron chi connectivity index (χ1n) is 8.15. The lowest BCUT2D eigenvalue weighted by Gasteiger charge is -2.10. The fraction of sp³-hybridized carbons (Fsp3) is 0.158. The normalized spacial score (nSPS) is 11.8. The Bertz CT molecular complexity index is 906. The van der Waals surface area contributed by atoms with E-state index in [4.69, 9.17) is 4.42 Å². The molecule has 0 aliphatic carbocycles. The molecule has 8 heteroatoms. The summed E-state index contributed by atoms with van der Waals surface area (Å²) >= 11 is 1.51. The second-order valence-corrected chi connectivity index (χ2v) is 6.66. The minimum absolute atomic E-state index is 0.0947. The van der Waals surface area contributed by atoms with Gasteiger partial charge in [-0.25, -0.2) is 4.39 Å². The summed E-state index contributed by atoms with van der Waals surface area (Å²) in [6.45, 7) is -0.0718. The van der Waals surface area contributed by atoms with Crippen molar-refractivity contribution in [2.75, 3.05) is 6.54 Å². The second kappa shape index (κ2) is 8.61. The van der Waals surface area contributed by atoms with Crippen molar-refractivity contribution in [1.29, 1.82) is 0 Å². The van der Waals surface area contributed by atoms with Crippen LogP contribution in [0.4, 0.5) is 4.39 Å². The lowest BCUT2D eigenvalue weighted by Crippen LogP contribution is -2.41. The van der Waals surface area contributed by atoms with Crippen LogP contribution in [0.5, 0.6) is 0 Å². The first kappa shape index (κ1) is 18.8. The smallest absolute Gasteiger partial charge is 0.309 e. The largest absolute Gasteiger partial charge is 0.457 e. The molecule has 1 atom stereocenters. The number of hydrogen-bond donors (Lipinski definition) is 3. The van der Waals surface area contributed by atoms with Gasteiger partial charge in [0.25, 0.3) is 0 Å². The third kappa shape index (κ3) is 5.02. The van der Waals surface area contributed by atoms with Crippen LogP contribution in [0.1, 0.15) is 17.4 Å². The number of carbonyl (C=O) groups excluding carboxylic acids is 2. The van der Waals surface area contributed by atoms with Crippen LogP contribution in [0, 0.1) is 5.82 Å². The highest BCUT2D eigenvalue weighted by atomic mass is 32.1. The summed E-state index contributed by atoms with van der Waals surface area (Å²) in [4.78, 5) is 24.5. The molecule has 0 saturated heterocycles. The molecule has 3 aromatic rings. The number of nitrogens with one attached hydrogen (secondary N) is 2. The molecule has 0 bridgehead atoms. The van der Waals surface area contributed by atoms with E-state index in [0.29, 0.717) is 17.1 Å². The van der Waals surface area contributed by atoms with Gasteiger partial charge in [0.2, 0.25) is 0 Å². The monoisotopic (exact) mass is 388 g/mol. The molecule has 1 aromatic carbocycles. The van der Waals surface area contributed by atoms with Gasteiger partial charge < -0.3 is 20.2 Å². The number of aliphatic hydroxyl groups is 1. The fourth-order valence-electron chi connectivity index (χ4n) is 2.32. The summed E-state index contributed by atoms with van der Waals surface area (Å²) in [6.07, 6.45) is -1.08. The molecule has 0 radical (unpaired) electrons. The lowest BCUT2D eigenvalue weighted by molar-refractivity contribution is -0.139. The number of carbonyl (C=O) groups is 2. The van der Waals surface area contributed by atoms with Gasteiger partial charge in [-0.2, -0.15) is 0 Å². The van der Waals surface area contributed by atoms with Crippen LogP contribution in [0.2, 0.25) is 0 Å². The average Bonchev–Trinajstić information content (AvgIpc) is 3.36. The third-order valence-corrected chi connectivity index (χ3v) is 4.63. The van der Waals surface area contributed by atoms with Gasteiger partial charge in [0, 0.05) is 6.54 Å². The second-order valence-electron chi connectivity index (χ2n) is 5.71. The summed E-state index contributed by atoms with van der Waals surface area (Å²) in [5.41, 5.74) is 0.661. The number of hydrogen-bond acceptors (Lipinski definition) is 5. The summed E-state index contributed by atoms with van der Waals surface area (Å²) in [6, 6.07) is 12.7. The molecule has 0 aliphatic rings. The van der Waals surface area contributed by atoms with Crippen LogP contribution in [-0.4, -0.2) is 23.5 Å². The lowest BCUT2D eigenvalue weighted by atomic mass is 10.2. The number of furan rings is 1. The quantitative estimate of drug-likeness (QED) is 0.566. The highest BCUT2D eigenvalue weighted by Gasteiger charge is 2.18. The molecule has 0 fully saturated rings. The van der Waals surface area contributed by atoms with Gasteiger partial charge in [0.15, 0.2) is 0 Å². The minimum Gasteiger partial charge on any atom is -0.457 e. The van der Waals surface area contributed by atoms with Crippen LogP contribution in [0.15, 0.2) is 58.3 Å². The maximum atomic E-state index is 12.8. The summed E-state index contributed by atoms with van der Waals surface area (Å²) < 4.78 is 18.4. The van der Waals surface area contributed by atoms with Gasteiger partial charge >= 0.3 is 11.8 Å². The van der Waals surface area contributed by atoms with Gasteiger partial charge in [0.05, 0.1) is 11.4 Å². The average molecular weight is 388 g/mol. The maximum Gasteiger partial charge on any atom is 0.309 e. The third-order valence-electron chi connectivity index (χ3n) is 3.75. The van der Waals surface area contributed by atoms with Crippen LogP contribution in [-0.2, 0) is 16.1 Å². The van der Waals surface area contributed by atoms with E-state index in [-0.39, 0.29) is 18.9 Å². The van der Waals surface area contributed by atoms with Crippen molar-refractivity contribution in [3.63, 3.8) is 0 Å². The van der Waals surface area contributed by atoms with E-state index in [1.165, 1.54) is 35.6 Å². The number of rotatable bonds is 6. The van der Waals surface area contributed by atoms with E-state index in [1.807, 2.05) is 17.5 Å². The van der Waals surface area contributed by atoms with Gasteiger partial charge in [-0.1, -0.05) is 18.2 Å². The predicted octanol–water partition coefficient (Wildman–Crippen LogP) is 2.61. The van der Waals surface area contributed by atoms with E-state index < -0.39 is 17.9 Å². The molecular formula is C19H17FN2O4S. The highest BCUT2D eigenvalue weighted by Crippen LogP contribution is 2.28. The Morgan fingerprint density at radius 2 is 1.81 bits per heavy atom. The Morgan fingerprint density at radius 3 is 2.52 bits per heavy atom. The van der Waals surface area contributed by atoms with Crippen LogP contribution < -0.4 is 10.6 Å². The van der Waals surface area contributed by atoms with Crippen molar-refractivity contribution < 1.29 is 23.5 Å². The van der Waals surface area contributed by atoms with Crippen LogP contribution in [0.25, 0.3) is 10.6 Å². The van der Waals surface area contributed by atoms with Crippen molar-refractivity contribution in [3.8, 4) is 10.6 Å². The summed E-state index contributed by atoms with van der Waals surface area (Å²) in [5.74, 6) is -1.17. The van der Waals surface area contributed by atoms with Gasteiger partial charge in [0.1, 0.15) is 23.4 Å². The standard InChI is InChI=1S/C19H17FN2O4S/c20-13-5-3-12(4-6-13)10-21-18(24)19(25)22-11-14(23)15-7-8-16(26-15)17-2-1-9-27-17/h1-9,14,23H,10-11H2,(H,21,24)(H,22,25). The zero-order valence-electron chi connectivity index (χ0n) is 14.1. The molecule has 0 spiro atoms. The Labute approximate surface area is 158 Å². The molecule has 0 saturated carbocycles. The zero-order chi connectivity index (χ0) is 19.2. The SMILES string of the molecule is O=C(NCc1ccc(F)cc1)C(=O)NCC(O)c1ccc(-c2cccs2)o1. The molecule has 140 valence electrons. The van der Waals surface area contributed by atoms with E-state index in [9.17, 15) is 19.1 Å². The predicted molar refractivity (Wildman–Crippen MR) is 98.2 cm³/mol. The molecule has 2 aromatic heterocycles. The molecule has 1 unspecified atom stereocenters. The van der Waals surface area contributed by atoms with Gasteiger partial charge in [-0.05, 0) is 41.3 Å². The Kier molecular flexibility index (Phi) is 6.00. The molecule has 0 aliphatic heterocycles. The fourth-order valence-corrected chi connectivity index (χ4v) is 3.00. The zero-order valence-corrected chi connectivity index (χ0v) is 15.0.